The maximum atomic E-state index is 8.44. The van der Waals surface area contributed by atoms with Crippen molar-refractivity contribution in [2.75, 3.05) is 5.73 Å². The Balaban J connectivity index is 1.91. The summed E-state index contributed by atoms with van der Waals surface area (Å²) in [7, 11) is 0. The first kappa shape index (κ1) is 14.8. The lowest BCUT2D eigenvalue weighted by atomic mass is 9.82. The van der Waals surface area contributed by atoms with Gasteiger partial charge in [0.2, 0.25) is 0 Å². The highest BCUT2D eigenvalue weighted by Crippen LogP contribution is 2.36. The summed E-state index contributed by atoms with van der Waals surface area (Å²) >= 11 is 0. The van der Waals surface area contributed by atoms with Crippen LogP contribution >= 0.6 is 0 Å². The van der Waals surface area contributed by atoms with E-state index in [1.54, 1.807) is 12.3 Å². The summed E-state index contributed by atoms with van der Waals surface area (Å²) in [4.78, 5) is 4.40. The average molecular weight is 297 g/mol. The SMILES string of the molecule is C[C@H]1C[C@H](N/C=C(\C(=N)C2CC2)c2nccc(N)c2C=N)C1. The molecule has 0 bridgehead atoms. The van der Waals surface area contributed by atoms with Gasteiger partial charge < -0.3 is 21.9 Å². The Morgan fingerprint density at radius 2 is 2.14 bits per heavy atom. The van der Waals surface area contributed by atoms with Gasteiger partial charge in [0.25, 0.3) is 0 Å². The van der Waals surface area contributed by atoms with E-state index >= 15 is 0 Å². The van der Waals surface area contributed by atoms with Crippen molar-refractivity contribution in [3.05, 3.63) is 29.7 Å². The lowest BCUT2D eigenvalue weighted by Gasteiger charge is -2.33. The van der Waals surface area contributed by atoms with Crippen molar-refractivity contribution in [1.29, 1.82) is 10.8 Å². The van der Waals surface area contributed by atoms with Crippen LogP contribution in [0.2, 0.25) is 0 Å². The summed E-state index contributed by atoms with van der Waals surface area (Å²) in [5.74, 6) is 1.11. The summed E-state index contributed by atoms with van der Waals surface area (Å²) in [5, 5.41) is 19.5. The lowest BCUT2D eigenvalue weighted by molar-refractivity contribution is 0.261. The number of pyridine rings is 1. The normalized spacial score (nSPS) is 24.5. The van der Waals surface area contributed by atoms with Gasteiger partial charge in [0.1, 0.15) is 0 Å². The van der Waals surface area contributed by atoms with E-state index in [2.05, 4.69) is 17.2 Å². The molecule has 0 spiro atoms. The molecule has 1 aromatic heterocycles. The Labute approximate surface area is 131 Å². The van der Waals surface area contributed by atoms with E-state index < -0.39 is 0 Å². The maximum absolute atomic E-state index is 8.44. The van der Waals surface area contributed by atoms with E-state index in [1.165, 1.54) is 19.1 Å². The zero-order chi connectivity index (χ0) is 15.7. The minimum atomic E-state index is 0.329. The largest absolute Gasteiger partial charge is 0.398 e. The first-order valence-electron chi connectivity index (χ1n) is 7.90. The Hall–Kier alpha value is -2.17. The molecule has 0 saturated heterocycles. The Kier molecular flexibility index (Phi) is 3.96. The van der Waals surface area contributed by atoms with Crippen LogP contribution in [0, 0.1) is 22.7 Å². The smallest absolute Gasteiger partial charge is 0.0843 e. The van der Waals surface area contributed by atoms with Crippen molar-refractivity contribution in [1.82, 2.24) is 10.3 Å². The second-order valence-electron chi connectivity index (χ2n) is 6.49. The third kappa shape index (κ3) is 2.89. The summed E-state index contributed by atoms with van der Waals surface area (Å²) < 4.78 is 0. The predicted molar refractivity (Wildman–Crippen MR) is 90.3 cm³/mol. The van der Waals surface area contributed by atoms with E-state index in [0.29, 0.717) is 34.6 Å². The van der Waals surface area contributed by atoms with Crippen molar-refractivity contribution < 1.29 is 0 Å². The minimum Gasteiger partial charge on any atom is -0.398 e. The van der Waals surface area contributed by atoms with E-state index in [-0.39, 0.29) is 0 Å². The van der Waals surface area contributed by atoms with E-state index in [0.717, 1.165) is 24.3 Å². The highest BCUT2D eigenvalue weighted by atomic mass is 14.9. The predicted octanol–water partition coefficient (Wildman–Crippen LogP) is 2.82. The van der Waals surface area contributed by atoms with Crippen molar-refractivity contribution in [2.45, 2.75) is 38.6 Å². The maximum Gasteiger partial charge on any atom is 0.0843 e. The molecule has 5 N–H and O–H groups in total. The number of hydrogen-bond acceptors (Lipinski definition) is 5. The van der Waals surface area contributed by atoms with Gasteiger partial charge >= 0.3 is 0 Å². The highest BCUT2D eigenvalue weighted by Gasteiger charge is 2.31. The number of rotatable bonds is 6. The second kappa shape index (κ2) is 5.91. The Bertz CT molecular complexity index is 624. The van der Waals surface area contributed by atoms with Gasteiger partial charge in [-0.05, 0) is 37.7 Å². The molecule has 0 atom stereocenters. The fourth-order valence-corrected chi connectivity index (χ4v) is 2.96. The van der Waals surface area contributed by atoms with Crippen LogP contribution in [-0.2, 0) is 0 Å². The van der Waals surface area contributed by atoms with Gasteiger partial charge in [-0.25, -0.2) is 0 Å². The molecule has 22 heavy (non-hydrogen) atoms. The van der Waals surface area contributed by atoms with Crippen LogP contribution in [0.15, 0.2) is 18.5 Å². The van der Waals surface area contributed by atoms with Gasteiger partial charge in [-0.15, -0.1) is 0 Å². The van der Waals surface area contributed by atoms with E-state index in [9.17, 15) is 0 Å². The first-order valence-corrected chi connectivity index (χ1v) is 7.90. The van der Waals surface area contributed by atoms with Crippen molar-refractivity contribution in [3.63, 3.8) is 0 Å². The summed E-state index contributed by atoms with van der Waals surface area (Å²) in [5.41, 5.74) is 9.14. The molecule has 116 valence electrons. The molecule has 0 radical (unpaired) electrons. The van der Waals surface area contributed by atoms with Gasteiger partial charge in [0, 0.05) is 53.1 Å². The molecule has 5 heteroatoms. The number of anilines is 1. The third-order valence-corrected chi connectivity index (χ3v) is 4.54. The molecule has 2 aliphatic rings. The first-order chi connectivity index (χ1) is 10.6. The fraction of sp³-hybridized carbons (Fsp3) is 0.471. The van der Waals surface area contributed by atoms with Crippen LogP contribution < -0.4 is 11.1 Å². The van der Waals surface area contributed by atoms with Gasteiger partial charge in [-0.3, -0.25) is 4.98 Å². The van der Waals surface area contributed by atoms with Crippen molar-refractivity contribution in [2.24, 2.45) is 11.8 Å². The molecule has 1 aromatic rings. The Morgan fingerprint density at radius 3 is 2.73 bits per heavy atom. The summed E-state index contributed by atoms with van der Waals surface area (Å²) in [6.45, 7) is 2.25. The summed E-state index contributed by atoms with van der Waals surface area (Å²) in [6.07, 6.45) is 9.28. The molecular formula is C17H23N5. The molecule has 1 heterocycles. The number of nitrogen functional groups attached to an aromatic ring is 1. The van der Waals surface area contributed by atoms with Crippen LogP contribution in [0.1, 0.15) is 43.9 Å². The molecule has 0 amide bonds. The number of aromatic nitrogens is 1. The molecule has 5 nitrogen and oxygen atoms in total. The zero-order valence-electron chi connectivity index (χ0n) is 12.9. The summed E-state index contributed by atoms with van der Waals surface area (Å²) in [6, 6.07) is 2.19. The van der Waals surface area contributed by atoms with Gasteiger partial charge in [0.15, 0.2) is 0 Å². The average Bonchev–Trinajstić information content (AvgIpc) is 3.29. The molecule has 2 saturated carbocycles. The lowest BCUT2D eigenvalue weighted by Crippen LogP contribution is -2.37. The molecular weight excluding hydrogens is 274 g/mol. The molecule has 2 aliphatic carbocycles. The van der Waals surface area contributed by atoms with E-state index in [1.807, 2.05) is 6.20 Å². The molecule has 0 aromatic carbocycles. The number of allylic oxidation sites excluding steroid dienone is 1. The third-order valence-electron chi connectivity index (χ3n) is 4.54. The van der Waals surface area contributed by atoms with Crippen LogP contribution in [0.25, 0.3) is 5.57 Å². The van der Waals surface area contributed by atoms with Gasteiger partial charge in [-0.2, -0.15) is 0 Å². The van der Waals surface area contributed by atoms with Crippen LogP contribution in [0.3, 0.4) is 0 Å². The minimum absolute atomic E-state index is 0.329. The van der Waals surface area contributed by atoms with Crippen LogP contribution in [0.4, 0.5) is 5.69 Å². The zero-order valence-corrected chi connectivity index (χ0v) is 12.9. The second-order valence-corrected chi connectivity index (χ2v) is 6.49. The molecule has 3 rings (SSSR count). The highest BCUT2D eigenvalue weighted by molar-refractivity contribution is 6.25. The topological polar surface area (TPSA) is 98.6 Å². The molecule has 0 aliphatic heterocycles. The number of hydrogen-bond donors (Lipinski definition) is 4. The fourth-order valence-electron chi connectivity index (χ4n) is 2.96. The standard InChI is InChI=1S/C17H23N5/c1-10-6-12(7-10)22-9-14(16(20)11-2-3-11)17-13(8-18)15(19)4-5-21-17/h4-5,8-12,18,20,22H,2-3,6-7H2,1H3,(H2,19,21)/b14-9+,18-8?,20-16?/t10-,12-. The molecule has 0 unspecified atom stereocenters. The van der Waals surface area contributed by atoms with Gasteiger partial charge in [-0.1, -0.05) is 6.92 Å². The Morgan fingerprint density at radius 1 is 1.41 bits per heavy atom. The van der Waals surface area contributed by atoms with Gasteiger partial charge in [0.05, 0.1) is 5.69 Å². The number of nitrogens with one attached hydrogen (secondary N) is 3. The van der Waals surface area contributed by atoms with Crippen LogP contribution in [-0.4, -0.2) is 23.0 Å². The number of nitrogens with zero attached hydrogens (tertiary/aromatic N) is 1. The number of nitrogens with two attached hydrogens (primary N) is 1. The van der Waals surface area contributed by atoms with Crippen LogP contribution in [0.5, 0.6) is 0 Å². The van der Waals surface area contributed by atoms with Crippen molar-refractivity contribution >= 4 is 23.2 Å². The monoisotopic (exact) mass is 297 g/mol. The van der Waals surface area contributed by atoms with Crippen molar-refractivity contribution in [3.8, 4) is 0 Å². The molecule has 2 fully saturated rings. The van der Waals surface area contributed by atoms with E-state index in [4.69, 9.17) is 16.6 Å². The quantitative estimate of drug-likeness (QED) is 0.608.